The molecular formula is C17H23N3O. The van der Waals surface area contributed by atoms with Crippen molar-refractivity contribution in [3.63, 3.8) is 0 Å². The van der Waals surface area contributed by atoms with Crippen LogP contribution >= 0.6 is 0 Å². The fourth-order valence-corrected chi connectivity index (χ4v) is 3.08. The summed E-state index contributed by atoms with van der Waals surface area (Å²) < 4.78 is 5.14. The lowest BCUT2D eigenvalue weighted by atomic mass is 9.74. The predicted molar refractivity (Wildman–Crippen MR) is 82.9 cm³/mol. The molecule has 1 unspecified atom stereocenters. The van der Waals surface area contributed by atoms with Gasteiger partial charge in [-0.3, -0.25) is 0 Å². The summed E-state index contributed by atoms with van der Waals surface area (Å²) in [7, 11) is 0. The molecule has 2 aromatic rings. The minimum Gasteiger partial charge on any atom is -0.472 e. The van der Waals surface area contributed by atoms with E-state index >= 15 is 0 Å². The largest absolute Gasteiger partial charge is 0.472 e. The maximum atomic E-state index is 5.14. The van der Waals surface area contributed by atoms with E-state index in [1.54, 1.807) is 12.5 Å². The van der Waals surface area contributed by atoms with Crippen LogP contribution in [0.5, 0.6) is 0 Å². The van der Waals surface area contributed by atoms with Crippen LogP contribution in [0, 0.1) is 5.41 Å². The normalized spacial score (nSPS) is 20.2. The molecule has 1 atom stereocenters. The van der Waals surface area contributed by atoms with Gasteiger partial charge in [-0.15, -0.1) is 0 Å². The van der Waals surface area contributed by atoms with Gasteiger partial charge in [0.1, 0.15) is 6.26 Å². The highest BCUT2D eigenvalue weighted by atomic mass is 16.3. The number of nitrogens with zero attached hydrogens (tertiary/aromatic N) is 2. The molecule has 0 spiro atoms. The fourth-order valence-electron chi connectivity index (χ4n) is 3.08. The smallest absolute Gasteiger partial charge is 0.162 e. The van der Waals surface area contributed by atoms with E-state index in [0.29, 0.717) is 6.04 Å². The Morgan fingerprint density at radius 1 is 1.43 bits per heavy atom. The molecule has 0 saturated heterocycles. The van der Waals surface area contributed by atoms with E-state index in [1.807, 2.05) is 12.3 Å². The van der Waals surface area contributed by atoms with E-state index in [1.165, 1.54) is 11.3 Å². The minimum atomic E-state index is 0.264. The molecule has 1 aliphatic rings. The summed E-state index contributed by atoms with van der Waals surface area (Å²) in [6.45, 7) is 7.86. The first-order valence-electron chi connectivity index (χ1n) is 7.71. The van der Waals surface area contributed by atoms with Gasteiger partial charge in [0, 0.05) is 23.5 Å². The van der Waals surface area contributed by atoms with Crippen LogP contribution in [0.4, 0.5) is 0 Å². The van der Waals surface area contributed by atoms with Gasteiger partial charge in [0.05, 0.1) is 11.8 Å². The van der Waals surface area contributed by atoms with Crippen molar-refractivity contribution in [2.75, 3.05) is 6.54 Å². The van der Waals surface area contributed by atoms with Crippen molar-refractivity contribution in [2.45, 2.75) is 46.1 Å². The van der Waals surface area contributed by atoms with Gasteiger partial charge < -0.3 is 9.73 Å². The highest BCUT2D eigenvalue weighted by Gasteiger charge is 2.33. The Morgan fingerprint density at radius 3 is 3.00 bits per heavy atom. The second-order valence-electron chi connectivity index (χ2n) is 6.66. The zero-order valence-corrected chi connectivity index (χ0v) is 13.0. The molecule has 1 N–H and O–H groups in total. The molecule has 112 valence electrons. The second-order valence-corrected chi connectivity index (χ2v) is 6.66. The maximum Gasteiger partial charge on any atom is 0.162 e. The standard InChI is InChI=1S/C17H23N3O/c1-4-6-18-14-8-17(2,3)9-15-13(14)10-19-16(20-15)12-5-7-21-11-12/h5,7,10-11,14,18H,4,6,8-9H2,1-3H3. The average molecular weight is 285 g/mol. The highest BCUT2D eigenvalue weighted by molar-refractivity contribution is 5.53. The molecule has 0 aromatic carbocycles. The first-order valence-corrected chi connectivity index (χ1v) is 7.71. The summed E-state index contributed by atoms with van der Waals surface area (Å²) in [5.74, 6) is 0.759. The Labute approximate surface area is 126 Å². The van der Waals surface area contributed by atoms with Crippen LogP contribution < -0.4 is 5.32 Å². The summed E-state index contributed by atoms with van der Waals surface area (Å²) >= 11 is 0. The molecule has 4 nitrogen and oxygen atoms in total. The van der Waals surface area contributed by atoms with E-state index in [0.717, 1.165) is 37.2 Å². The van der Waals surface area contributed by atoms with Gasteiger partial charge >= 0.3 is 0 Å². The van der Waals surface area contributed by atoms with Gasteiger partial charge in [0.25, 0.3) is 0 Å². The lowest BCUT2D eigenvalue weighted by Gasteiger charge is -2.36. The van der Waals surface area contributed by atoms with Gasteiger partial charge in [-0.25, -0.2) is 9.97 Å². The monoisotopic (exact) mass is 285 g/mol. The number of aromatic nitrogens is 2. The SMILES string of the molecule is CCCNC1CC(C)(C)Cc2nc(-c3ccoc3)ncc21. The Morgan fingerprint density at radius 2 is 2.29 bits per heavy atom. The van der Waals surface area contributed by atoms with Crippen molar-refractivity contribution >= 4 is 0 Å². The number of nitrogens with one attached hydrogen (secondary N) is 1. The highest BCUT2D eigenvalue weighted by Crippen LogP contribution is 2.40. The van der Waals surface area contributed by atoms with E-state index in [9.17, 15) is 0 Å². The average Bonchev–Trinajstić information content (AvgIpc) is 2.97. The topological polar surface area (TPSA) is 51.0 Å². The Balaban J connectivity index is 1.96. The summed E-state index contributed by atoms with van der Waals surface area (Å²) in [6, 6.07) is 2.27. The first-order chi connectivity index (χ1) is 10.1. The third-order valence-electron chi connectivity index (χ3n) is 4.10. The number of rotatable bonds is 4. The van der Waals surface area contributed by atoms with Crippen LogP contribution in [-0.4, -0.2) is 16.5 Å². The molecule has 21 heavy (non-hydrogen) atoms. The third kappa shape index (κ3) is 3.00. The lowest BCUT2D eigenvalue weighted by molar-refractivity contribution is 0.254. The summed E-state index contributed by atoms with van der Waals surface area (Å²) in [5, 5.41) is 3.64. The van der Waals surface area contributed by atoms with Gasteiger partial charge in [-0.1, -0.05) is 20.8 Å². The van der Waals surface area contributed by atoms with Gasteiger partial charge in [-0.2, -0.15) is 0 Å². The maximum absolute atomic E-state index is 5.14. The van der Waals surface area contributed by atoms with Gasteiger partial charge in [0.15, 0.2) is 5.82 Å². The zero-order chi connectivity index (χ0) is 14.9. The van der Waals surface area contributed by atoms with Gasteiger partial charge in [-0.05, 0) is 37.3 Å². The summed E-state index contributed by atoms with van der Waals surface area (Å²) in [5.41, 5.74) is 3.64. The molecule has 0 amide bonds. The molecule has 0 fully saturated rings. The quantitative estimate of drug-likeness (QED) is 0.929. The first kappa shape index (κ1) is 14.3. The molecule has 0 aliphatic heterocycles. The van der Waals surface area contributed by atoms with Crippen molar-refractivity contribution in [3.05, 3.63) is 36.0 Å². The Kier molecular flexibility index (Phi) is 3.81. The summed E-state index contributed by atoms with van der Waals surface area (Å²) in [6.07, 6.45) is 8.62. The number of fused-ring (bicyclic) bond motifs is 1. The number of hydrogen-bond donors (Lipinski definition) is 1. The lowest BCUT2D eigenvalue weighted by Crippen LogP contribution is -2.34. The Bertz CT molecular complexity index is 605. The van der Waals surface area contributed by atoms with Crippen LogP contribution in [0.1, 0.15) is 50.9 Å². The molecule has 0 saturated carbocycles. The van der Waals surface area contributed by atoms with Crippen molar-refractivity contribution in [2.24, 2.45) is 5.41 Å². The van der Waals surface area contributed by atoms with Crippen molar-refractivity contribution < 1.29 is 4.42 Å². The Hall–Kier alpha value is -1.68. The fraction of sp³-hybridized carbons (Fsp3) is 0.529. The second kappa shape index (κ2) is 5.60. The molecular weight excluding hydrogens is 262 g/mol. The molecule has 2 heterocycles. The molecule has 1 aliphatic carbocycles. The zero-order valence-electron chi connectivity index (χ0n) is 13.0. The minimum absolute atomic E-state index is 0.264. The van der Waals surface area contributed by atoms with Crippen molar-refractivity contribution in [3.8, 4) is 11.4 Å². The molecule has 0 bridgehead atoms. The number of furan rings is 1. The van der Waals surface area contributed by atoms with E-state index in [2.05, 4.69) is 31.1 Å². The van der Waals surface area contributed by atoms with Crippen LogP contribution in [0.25, 0.3) is 11.4 Å². The van der Waals surface area contributed by atoms with Crippen molar-refractivity contribution in [1.29, 1.82) is 0 Å². The van der Waals surface area contributed by atoms with Crippen LogP contribution in [-0.2, 0) is 6.42 Å². The van der Waals surface area contributed by atoms with E-state index in [-0.39, 0.29) is 5.41 Å². The molecule has 3 rings (SSSR count). The van der Waals surface area contributed by atoms with E-state index in [4.69, 9.17) is 9.40 Å². The van der Waals surface area contributed by atoms with Crippen LogP contribution in [0.15, 0.2) is 29.2 Å². The van der Waals surface area contributed by atoms with Crippen LogP contribution in [0.3, 0.4) is 0 Å². The number of hydrogen-bond acceptors (Lipinski definition) is 4. The predicted octanol–water partition coefficient (Wildman–Crippen LogP) is 3.75. The van der Waals surface area contributed by atoms with E-state index < -0.39 is 0 Å². The molecule has 2 aromatic heterocycles. The van der Waals surface area contributed by atoms with Gasteiger partial charge in [0.2, 0.25) is 0 Å². The van der Waals surface area contributed by atoms with Crippen LogP contribution in [0.2, 0.25) is 0 Å². The molecule has 4 heteroatoms. The van der Waals surface area contributed by atoms with Crippen molar-refractivity contribution in [1.82, 2.24) is 15.3 Å². The third-order valence-corrected chi connectivity index (χ3v) is 4.10. The summed E-state index contributed by atoms with van der Waals surface area (Å²) in [4.78, 5) is 9.33. The molecule has 0 radical (unpaired) electrons.